The van der Waals surface area contributed by atoms with E-state index in [1.807, 2.05) is 17.9 Å². The van der Waals surface area contributed by atoms with E-state index in [1.165, 1.54) is 0 Å². The summed E-state index contributed by atoms with van der Waals surface area (Å²) in [5.41, 5.74) is 1.45. The van der Waals surface area contributed by atoms with Gasteiger partial charge in [0.1, 0.15) is 12.4 Å². The van der Waals surface area contributed by atoms with Crippen LogP contribution in [0.15, 0.2) is 48.5 Å². The zero-order valence-corrected chi connectivity index (χ0v) is 21.4. The number of amides is 3. The summed E-state index contributed by atoms with van der Waals surface area (Å²) in [6.07, 6.45) is 1.62. The molecule has 0 unspecified atom stereocenters. The van der Waals surface area contributed by atoms with E-state index in [1.54, 1.807) is 61.5 Å². The Morgan fingerprint density at radius 2 is 1.78 bits per heavy atom. The molecule has 0 saturated heterocycles. The fourth-order valence-corrected chi connectivity index (χ4v) is 4.51. The molecule has 8 heteroatoms. The zero-order chi connectivity index (χ0) is 25.8. The van der Waals surface area contributed by atoms with Crippen molar-refractivity contribution in [1.29, 1.82) is 0 Å². The van der Waals surface area contributed by atoms with Crippen molar-refractivity contribution >= 4 is 23.4 Å². The Kier molecular flexibility index (Phi) is 7.94. The fourth-order valence-electron chi connectivity index (χ4n) is 4.51. The molecule has 1 aliphatic carbocycles. The third-order valence-electron chi connectivity index (χ3n) is 6.95. The maximum atomic E-state index is 13.4. The van der Waals surface area contributed by atoms with Gasteiger partial charge in [0.05, 0.1) is 17.7 Å². The third kappa shape index (κ3) is 5.87. The number of hydrogen-bond acceptors (Lipinski definition) is 5. The van der Waals surface area contributed by atoms with Crippen molar-refractivity contribution in [3.8, 4) is 5.75 Å². The van der Waals surface area contributed by atoms with E-state index >= 15 is 0 Å². The van der Waals surface area contributed by atoms with Crippen LogP contribution < -0.4 is 10.1 Å². The Hall–Kier alpha value is -3.39. The highest BCUT2D eigenvalue weighted by atomic mass is 16.5. The van der Waals surface area contributed by atoms with Crippen molar-refractivity contribution in [2.45, 2.75) is 38.8 Å². The van der Waals surface area contributed by atoms with Gasteiger partial charge in [-0.1, -0.05) is 25.1 Å². The van der Waals surface area contributed by atoms with Crippen LogP contribution in [0.3, 0.4) is 0 Å². The molecule has 1 heterocycles. The number of methoxy groups -OCH3 is 1. The van der Waals surface area contributed by atoms with Crippen LogP contribution in [0.5, 0.6) is 5.75 Å². The maximum Gasteiger partial charge on any atom is 0.257 e. The molecule has 0 aromatic heterocycles. The summed E-state index contributed by atoms with van der Waals surface area (Å²) in [6.45, 7) is 5.15. The number of hydrogen-bond donors (Lipinski definition) is 1. The van der Waals surface area contributed by atoms with E-state index in [2.05, 4.69) is 12.2 Å². The largest absolute Gasteiger partial charge is 0.491 e. The van der Waals surface area contributed by atoms with Gasteiger partial charge in [0, 0.05) is 56.4 Å². The molecule has 1 aliphatic heterocycles. The van der Waals surface area contributed by atoms with E-state index in [0.29, 0.717) is 35.7 Å². The lowest BCUT2D eigenvalue weighted by atomic mass is 10.0. The number of benzene rings is 2. The van der Waals surface area contributed by atoms with Gasteiger partial charge in [0.2, 0.25) is 5.91 Å². The van der Waals surface area contributed by atoms with Crippen LogP contribution in [0.2, 0.25) is 0 Å². The van der Waals surface area contributed by atoms with E-state index in [9.17, 15) is 14.4 Å². The maximum absolute atomic E-state index is 13.4. The highest BCUT2D eigenvalue weighted by molar-refractivity contribution is 6.05. The standard InChI is InChI=1S/C28H35N3O5/c1-18-15-31(27(33)21-10-11-21)19(2)17-36-24-14-22(29-26(32)20-8-6-5-7-9-20)12-13-23(24)28(34)30(3)16-25(18)35-4/h5-9,12-14,18-19,21,25H,10-11,15-17H2,1-4H3,(H,29,32)/t18-,19-,25+/m1/s1. The number of anilines is 1. The van der Waals surface area contributed by atoms with Crippen LogP contribution in [0.1, 0.15) is 47.4 Å². The number of ether oxygens (including phenoxy) is 2. The van der Waals surface area contributed by atoms with Crippen LogP contribution in [-0.4, -0.2) is 73.5 Å². The molecule has 1 saturated carbocycles. The first-order valence-electron chi connectivity index (χ1n) is 12.5. The number of fused-ring (bicyclic) bond motifs is 1. The van der Waals surface area contributed by atoms with Crippen LogP contribution in [-0.2, 0) is 9.53 Å². The summed E-state index contributed by atoms with van der Waals surface area (Å²) in [7, 11) is 3.37. The van der Waals surface area contributed by atoms with Crippen LogP contribution in [0, 0.1) is 11.8 Å². The van der Waals surface area contributed by atoms with Gasteiger partial charge in [-0.05, 0) is 44.0 Å². The Morgan fingerprint density at radius 3 is 2.44 bits per heavy atom. The first kappa shape index (κ1) is 25.7. The average molecular weight is 494 g/mol. The highest BCUT2D eigenvalue weighted by Gasteiger charge is 2.37. The molecule has 3 amide bonds. The summed E-state index contributed by atoms with van der Waals surface area (Å²) in [4.78, 5) is 42.7. The third-order valence-corrected chi connectivity index (χ3v) is 6.95. The predicted molar refractivity (Wildman–Crippen MR) is 137 cm³/mol. The smallest absolute Gasteiger partial charge is 0.257 e. The number of carbonyl (C=O) groups excluding carboxylic acids is 3. The summed E-state index contributed by atoms with van der Waals surface area (Å²) in [6, 6.07) is 13.8. The molecule has 1 N–H and O–H groups in total. The number of rotatable bonds is 4. The zero-order valence-electron chi connectivity index (χ0n) is 21.4. The molecular formula is C28H35N3O5. The molecule has 2 aromatic rings. The monoisotopic (exact) mass is 493 g/mol. The van der Waals surface area contributed by atoms with Gasteiger partial charge in [-0.15, -0.1) is 0 Å². The van der Waals surface area contributed by atoms with Crippen molar-refractivity contribution in [2.24, 2.45) is 11.8 Å². The minimum Gasteiger partial charge on any atom is -0.491 e. The van der Waals surface area contributed by atoms with Crippen molar-refractivity contribution in [3.63, 3.8) is 0 Å². The molecule has 0 radical (unpaired) electrons. The van der Waals surface area contributed by atoms with Gasteiger partial charge in [-0.3, -0.25) is 14.4 Å². The molecule has 2 aromatic carbocycles. The predicted octanol–water partition coefficient (Wildman–Crippen LogP) is 3.68. The Morgan fingerprint density at radius 1 is 1.06 bits per heavy atom. The molecule has 3 atom stereocenters. The van der Waals surface area contributed by atoms with Gasteiger partial charge in [0.25, 0.3) is 11.8 Å². The molecule has 8 nitrogen and oxygen atoms in total. The molecule has 0 bridgehead atoms. The average Bonchev–Trinajstić information content (AvgIpc) is 3.73. The van der Waals surface area contributed by atoms with Crippen LogP contribution >= 0.6 is 0 Å². The fraction of sp³-hybridized carbons (Fsp3) is 0.464. The number of likely N-dealkylation sites (N-methyl/N-ethyl adjacent to an activating group) is 1. The second kappa shape index (κ2) is 11.1. The first-order chi connectivity index (χ1) is 17.3. The molecule has 1 fully saturated rings. The second-order valence-corrected chi connectivity index (χ2v) is 9.89. The lowest BCUT2D eigenvalue weighted by molar-refractivity contribution is -0.136. The van der Waals surface area contributed by atoms with Crippen molar-refractivity contribution in [1.82, 2.24) is 9.80 Å². The quantitative estimate of drug-likeness (QED) is 0.702. The van der Waals surface area contributed by atoms with Crippen molar-refractivity contribution < 1.29 is 23.9 Å². The molecule has 192 valence electrons. The van der Waals surface area contributed by atoms with E-state index in [0.717, 1.165) is 12.8 Å². The molecule has 0 spiro atoms. The van der Waals surface area contributed by atoms with Gasteiger partial charge in [0.15, 0.2) is 0 Å². The van der Waals surface area contributed by atoms with Gasteiger partial charge >= 0.3 is 0 Å². The SMILES string of the molecule is CO[C@H]1CN(C)C(=O)c2ccc(NC(=O)c3ccccc3)cc2OC[C@@H](C)N(C(=O)C2CC2)C[C@H]1C. The van der Waals surface area contributed by atoms with E-state index in [4.69, 9.17) is 9.47 Å². The normalized spacial score (nSPS) is 23.1. The van der Waals surface area contributed by atoms with E-state index < -0.39 is 0 Å². The Labute approximate surface area is 212 Å². The molecule has 4 rings (SSSR count). The second-order valence-electron chi connectivity index (χ2n) is 9.89. The molecular weight excluding hydrogens is 458 g/mol. The minimum atomic E-state index is -0.251. The number of nitrogens with zero attached hydrogens (tertiary/aromatic N) is 2. The van der Waals surface area contributed by atoms with E-state index in [-0.39, 0.29) is 48.3 Å². The summed E-state index contributed by atoms with van der Waals surface area (Å²) in [5.74, 6) is 0.192. The van der Waals surface area contributed by atoms with Crippen molar-refractivity contribution in [3.05, 3.63) is 59.7 Å². The number of nitrogens with one attached hydrogen (secondary N) is 1. The first-order valence-corrected chi connectivity index (χ1v) is 12.5. The summed E-state index contributed by atoms with van der Waals surface area (Å²) >= 11 is 0. The van der Waals surface area contributed by atoms with Crippen molar-refractivity contribution in [2.75, 3.05) is 39.2 Å². The summed E-state index contributed by atoms with van der Waals surface area (Å²) < 4.78 is 11.9. The number of carbonyl (C=O) groups is 3. The lowest BCUT2D eigenvalue weighted by Crippen LogP contribution is -2.49. The molecule has 36 heavy (non-hydrogen) atoms. The molecule has 2 aliphatic rings. The minimum absolute atomic E-state index is 0.0323. The van der Waals surface area contributed by atoms with Gasteiger partial charge in [-0.25, -0.2) is 0 Å². The lowest BCUT2D eigenvalue weighted by Gasteiger charge is -2.36. The van der Waals surface area contributed by atoms with Gasteiger partial charge < -0.3 is 24.6 Å². The Balaban J connectivity index is 1.63. The van der Waals surface area contributed by atoms with Crippen LogP contribution in [0.25, 0.3) is 0 Å². The highest BCUT2D eigenvalue weighted by Crippen LogP contribution is 2.33. The Bertz CT molecular complexity index is 1100. The summed E-state index contributed by atoms with van der Waals surface area (Å²) in [5, 5.41) is 2.88. The topological polar surface area (TPSA) is 88.2 Å². The van der Waals surface area contributed by atoms with Crippen LogP contribution in [0.4, 0.5) is 5.69 Å². The van der Waals surface area contributed by atoms with Gasteiger partial charge in [-0.2, -0.15) is 0 Å².